The molecule has 0 saturated heterocycles. The molecule has 2 N–H and O–H groups in total. The van der Waals surface area contributed by atoms with Crippen LogP contribution in [-0.2, 0) is 6.42 Å². The third kappa shape index (κ3) is 1.41. The van der Waals surface area contributed by atoms with Crippen LogP contribution in [0.2, 0.25) is 5.02 Å². The number of rotatable bonds is 0. The molecule has 70 valence electrons. The summed E-state index contributed by atoms with van der Waals surface area (Å²) >= 11 is 9.62. The van der Waals surface area contributed by atoms with Crippen LogP contribution in [0.3, 0.4) is 0 Å². The number of halogens is 2. The highest BCUT2D eigenvalue weighted by molar-refractivity contribution is 9.10. The SMILES string of the molecule is CC1Cc2c(Br)ccc(Cl)c2C1N. The minimum atomic E-state index is 0.0972. The molecule has 3 heteroatoms. The fourth-order valence-electron chi connectivity index (χ4n) is 1.91. The van der Waals surface area contributed by atoms with Crippen molar-refractivity contribution in [2.75, 3.05) is 0 Å². The third-order valence-electron chi connectivity index (χ3n) is 2.72. The maximum Gasteiger partial charge on any atom is 0.0457 e. The summed E-state index contributed by atoms with van der Waals surface area (Å²) in [6.45, 7) is 2.16. The van der Waals surface area contributed by atoms with Crippen molar-refractivity contribution in [2.45, 2.75) is 19.4 Å². The molecule has 13 heavy (non-hydrogen) atoms. The number of fused-ring (bicyclic) bond motifs is 1. The summed E-state index contributed by atoms with van der Waals surface area (Å²) in [5.74, 6) is 0.492. The molecule has 0 bridgehead atoms. The maximum atomic E-state index is 6.10. The Morgan fingerprint density at radius 3 is 2.85 bits per heavy atom. The normalized spacial score (nSPS) is 26.2. The van der Waals surface area contributed by atoms with E-state index in [1.54, 1.807) is 0 Å². The predicted octanol–water partition coefficient (Wildman–Crippen LogP) is 3.29. The monoisotopic (exact) mass is 259 g/mol. The van der Waals surface area contributed by atoms with Crippen LogP contribution in [0.5, 0.6) is 0 Å². The van der Waals surface area contributed by atoms with E-state index in [2.05, 4.69) is 22.9 Å². The average molecular weight is 261 g/mol. The molecule has 1 aromatic rings. The molecule has 0 amide bonds. The van der Waals surface area contributed by atoms with Crippen molar-refractivity contribution in [3.8, 4) is 0 Å². The molecule has 0 radical (unpaired) electrons. The van der Waals surface area contributed by atoms with Crippen LogP contribution in [0, 0.1) is 5.92 Å². The van der Waals surface area contributed by atoms with E-state index in [1.165, 1.54) is 5.56 Å². The smallest absolute Gasteiger partial charge is 0.0457 e. The Bertz CT molecular complexity index is 351. The van der Waals surface area contributed by atoms with Crippen LogP contribution >= 0.6 is 27.5 Å². The highest BCUT2D eigenvalue weighted by Gasteiger charge is 2.29. The van der Waals surface area contributed by atoms with Gasteiger partial charge in [-0.2, -0.15) is 0 Å². The fraction of sp³-hybridized carbons (Fsp3) is 0.400. The number of nitrogens with two attached hydrogens (primary N) is 1. The van der Waals surface area contributed by atoms with Gasteiger partial charge < -0.3 is 5.73 Å². The van der Waals surface area contributed by atoms with Gasteiger partial charge in [-0.05, 0) is 35.6 Å². The van der Waals surface area contributed by atoms with Gasteiger partial charge in [-0.25, -0.2) is 0 Å². The van der Waals surface area contributed by atoms with Gasteiger partial charge in [0.25, 0.3) is 0 Å². The van der Waals surface area contributed by atoms with Gasteiger partial charge in [-0.15, -0.1) is 0 Å². The highest BCUT2D eigenvalue weighted by atomic mass is 79.9. The molecule has 2 rings (SSSR count). The Kier molecular flexibility index (Phi) is 2.39. The van der Waals surface area contributed by atoms with Crippen molar-refractivity contribution >= 4 is 27.5 Å². The molecule has 2 atom stereocenters. The van der Waals surface area contributed by atoms with Crippen molar-refractivity contribution in [3.05, 3.63) is 32.8 Å². The van der Waals surface area contributed by atoms with E-state index in [-0.39, 0.29) is 6.04 Å². The minimum Gasteiger partial charge on any atom is -0.324 e. The molecule has 1 aromatic carbocycles. The van der Waals surface area contributed by atoms with Gasteiger partial charge in [-0.1, -0.05) is 34.5 Å². The van der Waals surface area contributed by atoms with Crippen molar-refractivity contribution in [1.29, 1.82) is 0 Å². The first kappa shape index (κ1) is 9.50. The van der Waals surface area contributed by atoms with Gasteiger partial charge in [0, 0.05) is 15.5 Å². The summed E-state index contributed by atoms with van der Waals surface area (Å²) in [6.07, 6.45) is 1.03. The quantitative estimate of drug-likeness (QED) is 0.761. The summed E-state index contributed by atoms with van der Waals surface area (Å²) < 4.78 is 1.13. The summed E-state index contributed by atoms with van der Waals surface area (Å²) in [5, 5.41) is 0.801. The van der Waals surface area contributed by atoms with Crippen LogP contribution in [0.4, 0.5) is 0 Å². The van der Waals surface area contributed by atoms with E-state index in [9.17, 15) is 0 Å². The Morgan fingerprint density at radius 2 is 2.23 bits per heavy atom. The van der Waals surface area contributed by atoms with Gasteiger partial charge in [0.2, 0.25) is 0 Å². The lowest BCUT2D eigenvalue weighted by Gasteiger charge is -2.11. The van der Waals surface area contributed by atoms with Gasteiger partial charge in [0.05, 0.1) is 0 Å². The van der Waals surface area contributed by atoms with E-state index < -0.39 is 0 Å². The van der Waals surface area contributed by atoms with Crippen molar-refractivity contribution in [1.82, 2.24) is 0 Å². The van der Waals surface area contributed by atoms with Crippen LogP contribution in [-0.4, -0.2) is 0 Å². The van der Waals surface area contributed by atoms with E-state index >= 15 is 0 Å². The molecule has 2 unspecified atom stereocenters. The molecule has 0 aliphatic heterocycles. The van der Waals surface area contributed by atoms with E-state index in [0.29, 0.717) is 5.92 Å². The molecule has 0 fully saturated rings. The van der Waals surface area contributed by atoms with Gasteiger partial charge in [-0.3, -0.25) is 0 Å². The van der Waals surface area contributed by atoms with Gasteiger partial charge >= 0.3 is 0 Å². The standard InChI is InChI=1S/C10H11BrClN/c1-5-4-6-7(11)2-3-8(12)9(6)10(5)13/h2-3,5,10H,4,13H2,1H3. The third-order valence-corrected chi connectivity index (χ3v) is 3.79. The summed E-state index contributed by atoms with van der Waals surface area (Å²) in [6, 6.07) is 3.99. The zero-order valence-electron chi connectivity index (χ0n) is 7.35. The summed E-state index contributed by atoms with van der Waals surface area (Å²) in [4.78, 5) is 0. The zero-order chi connectivity index (χ0) is 9.59. The molecular weight excluding hydrogens is 249 g/mol. The Balaban J connectivity index is 2.61. The topological polar surface area (TPSA) is 26.0 Å². The second kappa shape index (κ2) is 3.26. The molecule has 0 spiro atoms. The van der Waals surface area contributed by atoms with Crippen LogP contribution in [0.1, 0.15) is 24.1 Å². The number of hydrogen-bond acceptors (Lipinski definition) is 1. The largest absolute Gasteiger partial charge is 0.324 e. The molecule has 0 aromatic heterocycles. The first-order chi connectivity index (χ1) is 6.11. The minimum absolute atomic E-state index is 0.0972. The lowest BCUT2D eigenvalue weighted by Crippen LogP contribution is -2.13. The van der Waals surface area contributed by atoms with Crippen LogP contribution in [0.25, 0.3) is 0 Å². The van der Waals surface area contributed by atoms with Crippen molar-refractivity contribution < 1.29 is 0 Å². The first-order valence-electron chi connectivity index (χ1n) is 4.33. The number of hydrogen-bond donors (Lipinski definition) is 1. The summed E-state index contributed by atoms with van der Waals surface area (Å²) in [5.41, 5.74) is 8.47. The average Bonchev–Trinajstić information content (AvgIpc) is 2.38. The van der Waals surface area contributed by atoms with E-state index in [4.69, 9.17) is 17.3 Å². The lowest BCUT2D eigenvalue weighted by atomic mass is 10.0. The maximum absolute atomic E-state index is 6.10. The van der Waals surface area contributed by atoms with Crippen molar-refractivity contribution in [3.63, 3.8) is 0 Å². The zero-order valence-corrected chi connectivity index (χ0v) is 9.69. The Labute approximate surface area is 91.4 Å². The van der Waals surface area contributed by atoms with Gasteiger partial charge in [0.15, 0.2) is 0 Å². The molecule has 0 saturated carbocycles. The lowest BCUT2D eigenvalue weighted by molar-refractivity contribution is 0.513. The molecule has 1 aliphatic carbocycles. The van der Waals surface area contributed by atoms with Crippen molar-refractivity contribution in [2.24, 2.45) is 11.7 Å². The highest BCUT2D eigenvalue weighted by Crippen LogP contribution is 2.41. The van der Waals surface area contributed by atoms with E-state index in [1.807, 2.05) is 12.1 Å². The van der Waals surface area contributed by atoms with Crippen LogP contribution < -0.4 is 5.73 Å². The Morgan fingerprint density at radius 1 is 1.54 bits per heavy atom. The summed E-state index contributed by atoms with van der Waals surface area (Å²) in [7, 11) is 0. The first-order valence-corrected chi connectivity index (χ1v) is 5.50. The molecule has 1 nitrogen and oxygen atoms in total. The second-order valence-electron chi connectivity index (χ2n) is 3.63. The number of benzene rings is 1. The second-order valence-corrected chi connectivity index (χ2v) is 4.89. The molecule has 0 heterocycles. The van der Waals surface area contributed by atoms with Crippen LogP contribution in [0.15, 0.2) is 16.6 Å². The fourth-order valence-corrected chi connectivity index (χ4v) is 2.72. The van der Waals surface area contributed by atoms with Gasteiger partial charge in [0.1, 0.15) is 0 Å². The predicted molar refractivity (Wildman–Crippen MR) is 58.9 cm³/mol. The Hall–Kier alpha value is -0.0500. The van der Waals surface area contributed by atoms with E-state index in [0.717, 1.165) is 21.5 Å². The molecule has 1 aliphatic rings. The molecular formula is C10H11BrClN.